The van der Waals surface area contributed by atoms with Gasteiger partial charge in [0.25, 0.3) is 0 Å². The normalized spacial score (nSPS) is 23.3. The van der Waals surface area contributed by atoms with Crippen LogP contribution >= 0.6 is 36.6 Å². The largest absolute Gasteiger partial charge is 0.375 e. The van der Waals surface area contributed by atoms with Gasteiger partial charge in [-0.3, -0.25) is 9.69 Å². The van der Waals surface area contributed by atoms with E-state index in [9.17, 15) is 4.79 Å². The third-order valence-electron chi connectivity index (χ3n) is 3.27. The topological polar surface area (TPSA) is 53.6 Å². The summed E-state index contributed by atoms with van der Waals surface area (Å²) in [5.74, 6) is 2.54. The summed E-state index contributed by atoms with van der Waals surface area (Å²) in [4.78, 5) is 14.1. The predicted molar refractivity (Wildman–Crippen MR) is 88.5 cm³/mol. The Balaban J connectivity index is 0.00000180. The van der Waals surface area contributed by atoms with E-state index in [1.165, 1.54) is 11.5 Å². The van der Waals surface area contributed by atoms with Gasteiger partial charge >= 0.3 is 0 Å². The Hall–Kier alpha value is 0.280. The number of amides is 1. The van der Waals surface area contributed by atoms with Crippen molar-refractivity contribution < 1.29 is 9.53 Å². The van der Waals surface area contributed by atoms with Gasteiger partial charge in [0.1, 0.15) is 0 Å². The van der Waals surface area contributed by atoms with Gasteiger partial charge in [0.15, 0.2) is 0 Å². The number of nitrogens with zero attached hydrogens (tertiary/aromatic N) is 1. The molecule has 8 heteroatoms. The molecule has 2 heterocycles. The molecule has 0 saturated carbocycles. The van der Waals surface area contributed by atoms with Crippen LogP contribution in [0, 0.1) is 0 Å². The molecule has 120 valence electrons. The lowest BCUT2D eigenvalue weighted by Crippen LogP contribution is -2.43. The second kappa shape index (κ2) is 11.9. The molecule has 0 aromatic carbocycles. The van der Waals surface area contributed by atoms with Gasteiger partial charge in [-0.2, -0.15) is 11.8 Å². The number of halogens is 2. The molecule has 0 spiro atoms. The van der Waals surface area contributed by atoms with E-state index in [1.54, 1.807) is 0 Å². The number of hydrogen-bond donors (Lipinski definition) is 2. The van der Waals surface area contributed by atoms with Crippen molar-refractivity contribution in [2.45, 2.75) is 12.5 Å². The molecule has 2 saturated heterocycles. The minimum atomic E-state index is 0. The van der Waals surface area contributed by atoms with Crippen LogP contribution in [-0.2, 0) is 9.53 Å². The Morgan fingerprint density at radius 3 is 2.75 bits per heavy atom. The van der Waals surface area contributed by atoms with Crippen LogP contribution in [0.4, 0.5) is 0 Å². The second-order valence-electron chi connectivity index (χ2n) is 4.71. The molecule has 0 bridgehead atoms. The number of hydrogen-bond acceptors (Lipinski definition) is 5. The van der Waals surface area contributed by atoms with Crippen LogP contribution in [0.5, 0.6) is 0 Å². The van der Waals surface area contributed by atoms with Crippen molar-refractivity contribution in [1.82, 2.24) is 15.5 Å². The highest BCUT2D eigenvalue weighted by atomic mass is 35.5. The lowest BCUT2D eigenvalue weighted by Gasteiger charge is -2.26. The molecule has 0 radical (unpaired) electrons. The van der Waals surface area contributed by atoms with Crippen LogP contribution in [0.2, 0.25) is 0 Å². The molecule has 2 rings (SSSR count). The lowest BCUT2D eigenvalue weighted by molar-refractivity contribution is -0.124. The van der Waals surface area contributed by atoms with Gasteiger partial charge in [0.2, 0.25) is 5.91 Å². The van der Waals surface area contributed by atoms with Crippen LogP contribution in [0.15, 0.2) is 0 Å². The van der Waals surface area contributed by atoms with Gasteiger partial charge < -0.3 is 15.4 Å². The summed E-state index contributed by atoms with van der Waals surface area (Å²) in [6.07, 6.45) is 0.521. The number of carbonyl (C=O) groups is 1. The van der Waals surface area contributed by atoms with Gasteiger partial charge in [-0.1, -0.05) is 0 Å². The van der Waals surface area contributed by atoms with Crippen molar-refractivity contribution in [2.75, 3.05) is 57.4 Å². The first-order chi connectivity index (χ1) is 8.84. The van der Waals surface area contributed by atoms with Gasteiger partial charge in [0, 0.05) is 50.8 Å². The zero-order valence-corrected chi connectivity index (χ0v) is 14.1. The van der Waals surface area contributed by atoms with Crippen molar-refractivity contribution in [3.63, 3.8) is 0 Å². The van der Waals surface area contributed by atoms with E-state index in [0.717, 1.165) is 39.3 Å². The molecule has 1 atom stereocenters. The van der Waals surface area contributed by atoms with Crippen molar-refractivity contribution >= 4 is 42.5 Å². The molecular formula is C12H25Cl2N3O2S. The van der Waals surface area contributed by atoms with Crippen molar-refractivity contribution in [2.24, 2.45) is 0 Å². The molecule has 2 fully saturated rings. The summed E-state index contributed by atoms with van der Waals surface area (Å²) in [6, 6.07) is 0. The molecular weight excluding hydrogens is 321 g/mol. The van der Waals surface area contributed by atoms with E-state index >= 15 is 0 Å². The smallest absolute Gasteiger partial charge is 0.222 e. The van der Waals surface area contributed by atoms with E-state index in [-0.39, 0.29) is 36.8 Å². The molecule has 1 amide bonds. The van der Waals surface area contributed by atoms with Gasteiger partial charge in [-0.25, -0.2) is 0 Å². The SMILES string of the molecule is Cl.Cl.O=C(CC1CNCCO1)NCCN1CCSCC1. The van der Waals surface area contributed by atoms with E-state index in [1.807, 2.05) is 11.8 Å². The van der Waals surface area contributed by atoms with Crippen LogP contribution in [-0.4, -0.2) is 74.3 Å². The molecule has 2 aliphatic rings. The summed E-state index contributed by atoms with van der Waals surface area (Å²) in [6.45, 7) is 6.41. The molecule has 2 aliphatic heterocycles. The fourth-order valence-electron chi connectivity index (χ4n) is 2.21. The van der Waals surface area contributed by atoms with Gasteiger partial charge in [0.05, 0.1) is 19.1 Å². The predicted octanol–water partition coefficient (Wildman–Crippen LogP) is 0.374. The number of rotatable bonds is 5. The lowest BCUT2D eigenvalue weighted by atomic mass is 10.2. The Morgan fingerprint density at radius 1 is 1.35 bits per heavy atom. The number of ether oxygens (including phenoxy) is 1. The van der Waals surface area contributed by atoms with Crippen molar-refractivity contribution in [3.05, 3.63) is 0 Å². The minimum absolute atomic E-state index is 0. The Bertz CT molecular complexity index is 263. The maximum atomic E-state index is 11.7. The first kappa shape index (κ1) is 20.3. The first-order valence-electron chi connectivity index (χ1n) is 6.74. The van der Waals surface area contributed by atoms with Gasteiger partial charge in [-0.05, 0) is 0 Å². The highest BCUT2D eigenvalue weighted by Gasteiger charge is 2.17. The van der Waals surface area contributed by atoms with Crippen molar-refractivity contribution in [3.8, 4) is 0 Å². The third-order valence-corrected chi connectivity index (χ3v) is 4.21. The summed E-state index contributed by atoms with van der Waals surface area (Å²) < 4.78 is 5.51. The fourth-order valence-corrected chi connectivity index (χ4v) is 3.19. The molecule has 2 N–H and O–H groups in total. The quantitative estimate of drug-likeness (QED) is 0.754. The number of thioether (sulfide) groups is 1. The molecule has 0 aliphatic carbocycles. The maximum absolute atomic E-state index is 11.7. The molecule has 5 nitrogen and oxygen atoms in total. The maximum Gasteiger partial charge on any atom is 0.222 e. The second-order valence-corrected chi connectivity index (χ2v) is 5.93. The zero-order chi connectivity index (χ0) is 12.6. The van der Waals surface area contributed by atoms with E-state index in [0.29, 0.717) is 13.0 Å². The average Bonchev–Trinajstić information content (AvgIpc) is 2.41. The van der Waals surface area contributed by atoms with E-state index in [4.69, 9.17) is 4.74 Å². The zero-order valence-electron chi connectivity index (χ0n) is 11.6. The minimum Gasteiger partial charge on any atom is -0.375 e. The summed E-state index contributed by atoms with van der Waals surface area (Å²) in [5.41, 5.74) is 0. The van der Waals surface area contributed by atoms with Gasteiger partial charge in [-0.15, -0.1) is 24.8 Å². The van der Waals surface area contributed by atoms with E-state index in [2.05, 4.69) is 15.5 Å². The van der Waals surface area contributed by atoms with Crippen LogP contribution in [0.25, 0.3) is 0 Å². The average molecular weight is 346 g/mol. The standard InChI is InChI=1S/C12H23N3O2S.2ClH/c16-12(9-11-10-13-2-6-17-11)14-1-3-15-4-7-18-8-5-15;;/h11,13H,1-10H2,(H,14,16);2*1H. The monoisotopic (exact) mass is 345 g/mol. The first-order valence-corrected chi connectivity index (χ1v) is 7.89. The molecule has 1 unspecified atom stereocenters. The van der Waals surface area contributed by atoms with Crippen molar-refractivity contribution in [1.29, 1.82) is 0 Å². The fraction of sp³-hybridized carbons (Fsp3) is 0.917. The Morgan fingerprint density at radius 2 is 2.10 bits per heavy atom. The van der Waals surface area contributed by atoms with Crippen LogP contribution in [0.1, 0.15) is 6.42 Å². The third kappa shape index (κ3) is 7.90. The Labute approximate surface area is 137 Å². The number of morpholine rings is 1. The molecule has 0 aromatic heterocycles. The highest BCUT2D eigenvalue weighted by molar-refractivity contribution is 7.99. The molecule has 0 aromatic rings. The summed E-state index contributed by atoms with van der Waals surface area (Å²) in [5, 5.41) is 6.21. The summed E-state index contributed by atoms with van der Waals surface area (Å²) >= 11 is 2.01. The number of carbonyl (C=O) groups excluding carboxylic acids is 1. The van der Waals surface area contributed by atoms with Crippen LogP contribution in [0.3, 0.4) is 0 Å². The van der Waals surface area contributed by atoms with E-state index < -0.39 is 0 Å². The number of nitrogens with one attached hydrogen (secondary N) is 2. The highest BCUT2D eigenvalue weighted by Crippen LogP contribution is 2.08. The Kier molecular flexibility index (Phi) is 12.1. The summed E-state index contributed by atoms with van der Waals surface area (Å²) in [7, 11) is 0. The molecule has 20 heavy (non-hydrogen) atoms. The van der Waals surface area contributed by atoms with Crippen LogP contribution < -0.4 is 10.6 Å².